The average Bonchev–Trinajstić information content (AvgIpc) is 2.24. The fraction of sp³-hybridized carbons (Fsp3) is 0.600. The van der Waals surface area contributed by atoms with Gasteiger partial charge >= 0.3 is 5.69 Å². The number of aromatic amines is 1. The smallest absolute Gasteiger partial charge is 0.297 e. The number of rotatable bonds is 5. The molecule has 1 heterocycles. The summed E-state index contributed by atoms with van der Waals surface area (Å²) in [6.45, 7) is 2.39. The Morgan fingerprint density at radius 3 is 2.69 bits per heavy atom. The Morgan fingerprint density at radius 2 is 2.12 bits per heavy atom. The van der Waals surface area contributed by atoms with Crippen molar-refractivity contribution < 1.29 is 0 Å². The molecule has 0 aromatic carbocycles. The van der Waals surface area contributed by atoms with Gasteiger partial charge in [0, 0.05) is 12.3 Å². The van der Waals surface area contributed by atoms with Crippen LogP contribution in [0.1, 0.15) is 18.9 Å². The van der Waals surface area contributed by atoms with E-state index in [2.05, 4.69) is 4.98 Å². The van der Waals surface area contributed by atoms with Gasteiger partial charge in [-0.05, 0) is 12.7 Å². The molecular formula is C10H15ClN2O2S. The molecule has 0 aliphatic rings. The van der Waals surface area contributed by atoms with Crippen molar-refractivity contribution in [3.05, 3.63) is 31.6 Å². The zero-order valence-corrected chi connectivity index (χ0v) is 11.0. The quantitative estimate of drug-likeness (QED) is 0.819. The van der Waals surface area contributed by atoms with Crippen LogP contribution < -0.4 is 11.2 Å². The Morgan fingerprint density at radius 1 is 1.44 bits per heavy atom. The van der Waals surface area contributed by atoms with E-state index in [0.717, 1.165) is 12.2 Å². The van der Waals surface area contributed by atoms with Gasteiger partial charge in [0.05, 0.1) is 5.56 Å². The number of thioether (sulfide) groups is 1. The van der Waals surface area contributed by atoms with Gasteiger partial charge in [0.1, 0.15) is 5.15 Å². The average molecular weight is 263 g/mol. The van der Waals surface area contributed by atoms with Gasteiger partial charge in [-0.3, -0.25) is 14.3 Å². The third-order valence-electron chi connectivity index (χ3n) is 2.25. The van der Waals surface area contributed by atoms with Gasteiger partial charge in [0.25, 0.3) is 5.56 Å². The Balaban J connectivity index is 3.22. The van der Waals surface area contributed by atoms with Crippen LogP contribution in [0.2, 0.25) is 5.15 Å². The van der Waals surface area contributed by atoms with Crippen LogP contribution in [0.15, 0.2) is 9.59 Å². The first-order chi connectivity index (χ1) is 7.61. The molecule has 0 aliphatic heterocycles. The molecule has 0 aliphatic carbocycles. The van der Waals surface area contributed by atoms with E-state index in [0.29, 0.717) is 18.5 Å². The maximum absolute atomic E-state index is 12.0. The van der Waals surface area contributed by atoms with Gasteiger partial charge in [-0.15, -0.1) is 0 Å². The van der Waals surface area contributed by atoms with Crippen molar-refractivity contribution >= 4 is 23.4 Å². The minimum Gasteiger partial charge on any atom is -0.297 e. The molecule has 0 saturated carbocycles. The largest absolute Gasteiger partial charge is 0.329 e. The number of halogens is 1. The molecule has 1 aromatic rings. The van der Waals surface area contributed by atoms with Crippen LogP contribution in [-0.2, 0) is 13.0 Å². The number of nitrogens with one attached hydrogen (secondary N) is 1. The molecular weight excluding hydrogens is 248 g/mol. The minimum absolute atomic E-state index is 0.178. The highest BCUT2D eigenvalue weighted by Gasteiger charge is 2.11. The van der Waals surface area contributed by atoms with Crippen molar-refractivity contribution in [3.63, 3.8) is 0 Å². The van der Waals surface area contributed by atoms with E-state index in [4.69, 9.17) is 11.6 Å². The summed E-state index contributed by atoms with van der Waals surface area (Å²) < 4.78 is 1.22. The second kappa shape index (κ2) is 6.15. The van der Waals surface area contributed by atoms with Gasteiger partial charge in [-0.25, -0.2) is 4.79 Å². The first-order valence-electron chi connectivity index (χ1n) is 5.12. The van der Waals surface area contributed by atoms with E-state index in [1.54, 1.807) is 11.8 Å². The minimum atomic E-state index is -0.427. The van der Waals surface area contributed by atoms with Crippen molar-refractivity contribution in [3.8, 4) is 0 Å². The predicted octanol–water partition coefficient (Wildman–Crippen LogP) is 1.51. The summed E-state index contributed by atoms with van der Waals surface area (Å²) in [5, 5.41) is 0.178. The van der Waals surface area contributed by atoms with Crippen LogP contribution in [0.25, 0.3) is 0 Å². The molecule has 0 amide bonds. The van der Waals surface area contributed by atoms with Crippen LogP contribution in [0.3, 0.4) is 0 Å². The second-order valence-electron chi connectivity index (χ2n) is 3.42. The molecule has 90 valence electrons. The first kappa shape index (κ1) is 13.4. The molecule has 6 heteroatoms. The SMILES string of the molecule is CCCc1c(Cl)[nH]c(=O)n(CCSC)c1=O. The maximum atomic E-state index is 12.0. The van der Waals surface area contributed by atoms with E-state index < -0.39 is 5.69 Å². The summed E-state index contributed by atoms with van der Waals surface area (Å²) in [5.74, 6) is 0.732. The monoisotopic (exact) mass is 262 g/mol. The first-order valence-corrected chi connectivity index (χ1v) is 6.89. The van der Waals surface area contributed by atoms with Crippen molar-refractivity contribution in [1.29, 1.82) is 0 Å². The molecule has 4 nitrogen and oxygen atoms in total. The standard InChI is InChI=1S/C10H15ClN2O2S/c1-3-4-7-8(11)12-10(15)13(9(7)14)5-6-16-2/h3-6H2,1-2H3,(H,12,15). The molecule has 0 bridgehead atoms. The molecule has 0 spiro atoms. The third kappa shape index (κ3) is 2.92. The maximum Gasteiger partial charge on any atom is 0.329 e. The van der Waals surface area contributed by atoms with Gasteiger partial charge in [0.15, 0.2) is 0 Å². The Labute approximate surface area is 103 Å². The number of H-pyrrole nitrogens is 1. The molecule has 0 fully saturated rings. The van der Waals surface area contributed by atoms with Crippen molar-refractivity contribution in [2.24, 2.45) is 0 Å². The lowest BCUT2D eigenvalue weighted by atomic mass is 10.2. The topological polar surface area (TPSA) is 54.9 Å². The molecule has 0 atom stereocenters. The highest BCUT2D eigenvalue weighted by Crippen LogP contribution is 2.08. The van der Waals surface area contributed by atoms with Crippen molar-refractivity contribution in [2.45, 2.75) is 26.3 Å². The van der Waals surface area contributed by atoms with Crippen molar-refractivity contribution in [1.82, 2.24) is 9.55 Å². The summed E-state index contributed by atoms with van der Waals surface area (Å²) in [7, 11) is 0. The van der Waals surface area contributed by atoms with E-state index in [-0.39, 0.29) is 10.7 Å². The van der Waals surface area contributed by atoms with E-state index in [9.17, 15) is 9.59 Å². The fourth-order valence-corrected chi connectivity index (χ4v) is 2.06. The number of aromatic nitrogens is 2. The zero-order valence-electron chi connectivity index (χ0n) is 9.38. The molecule has 0 radical (unpaired) electrons. The van der Waals surface area contributed by atoms with E-state index in [1.165, 1.54) is 4.57 Å². The Hall–Kier alpha value is -0.680. The zero-order chi connectivity index (χ0) is 12.1. The van der Waals surface area contributed by atoms with Gasteiger partial charge in [-0.2, -0.15) is 11.8 Å². The molecule has 1 rings (SSSR count). The number of nitrogens with zero attached hydrogens (tertiary/aromatic N) is 1. The third-order valence-corrected chi connectivity index (χ3v) is 3.16. The Bertz CT molecular complexity index is 467. The summed E-state index contributed by atoms with van der Waals surface area (Å²) in [6, 6.07) is 0. The molecule has 0 unspecified atom stereocenters. The molecule has 0 saturated heterocycles. The fourth-order valence-electron chi connectivity index (χ4n) is 1.44. The van der Waals surface area contributed by atoms with Crippen LogP contribution >= 0.6 is 23.4 Å². The summed E-state index contributed by atoms with van der Waals surface area (Å²) >= 11 is 7.44. The lowest BCUT2D eigenvalue weighted by Gasteiger charge is -2.07. The van der Waals surface area contributed by atoms with Crippen LogP contribution in [0.5, 0.6) is 0 Å². The number of hydrogen-bond acceptors (Lipinski definition) is 3. The lowest BCUT2D eigenvalue weighted by Crippen LogP contribution is -2.38. The van der Waals surface area contributed by atoms with Gasteiger partial charge in [-0.1, -0.05) is 24.9 Å². The normalized spacial score (nSPS) is 10.7. The number of hydrogen-bond donors (Lipinski definition) is 1. The highest BCUT2D eigenvalue weighted by atomic mass is 35.5. The highest BCUT2D eigenvalue weighted by molar-refractivity contribution is 7.98. The summed E-state index contributed by atoms with van der Waals surface area (Å²) in [5.41, 5.74) is -0.182. The van der Waals surface area contributed by atoms with E-state index in [1.807, 2.05) is 13.2 Å². The van der Waals surface area contributed by atoms with Crippen molar-refractivity contribution in [2.75, 3.05) is 12.0 Å². The van der Waals surface area contributed by atoms with E-state index >= 15 is 0 Å². The van der Waals surface area contributed by atoms with Gasteiger partial charge in [0.2, 0.25) is 0 Å². The summed E-state index contributed by atoms with van der Waals surface area (Å²) in [6.07, 6.45) is 3.35. The van der Waals surface area contributed by atoms with Crippen LogP contribution in [0, 0.1) is 0 Å². The predicted molar refractivity (Wildman–Crippen MR) is 68.7 cm³/mol. The van der Waals surface area contributed by atoms with Crippen LogP contribution in [0.4, 0.5) is 0 Å². The van der Waals surface area contributed by atoms with Crippen LogP contribution in [-0.4, -0.2) is 21.6 Å². The molecule has 1 aromatic heterocycles. The molecule has 16 heavy (non-hydrogen) atoms. The summed E-state index contributed by atoms with van der Waals surface area (Å²) in [4.78, 5) is 26.0. The lowest BCUT2D eigenvalue weighted by molar-refractivity contribution is 0.663. The second-order valence-corrected chi connectivity index (χ2v) is 4.79. The molecule has 1 N–H and O–H groups in total. The Kier molecular flexibility index (Phi) is 5.15. The van der Waals surface area contributed by atoms with Gasteiger partial charge < -0.3 is 0 Å².